The molecule has 0 bridgehead atoms. The second-order valence-corrected chi connectivity index (χ2v) is 10.1. The average molecular weight is 525 g/mol. The molecule has 0 aliphatic heterocycles. The van der Waals surface area contributed by atoms with E-state index in [-0.39, 0.29) is 18.8 Å². The first-order valence-electron chi connectivity index (χ1n) is 14.0. The van der Waals surface area contributed by atoms with Crippen LogP contribution in [0, 0.1) is 5.92 Å². The number of unbranched alkanes of at least 4 members (excludes halogenated alkanes) is 2. The Hall–Kier alpha value is -2.83. The minimum absolute atomic E-state index is 0.0179. The summed E-state index contributed by atoms with van der Waals surface area (Å²) in [5.41, 5.74) is 3.53. The highest BCUT2D eigenvalue weighted by molar-refractivity contribution is 5.87. The highest BCUT2D eigenvalue weighted by Gasteiger charge is 2.22. The van der Waals surface area contributed by atoms with E-state index in [0.717, 1.165) is 17.0 Å². The standard InChI is InChI=1S/C32H44O6/c1-4-5-6-7-25-8-10-26(11-9-25)27-12-14-28(15-13-27)29-20-30(36-17-16-35-3)22-31(21-29)37-18-19-38-32(34)24(2)23-33/h12-15,20-22,25-26,33H,2,4-11,16-19,23H2,1,3H3. The van der Waals surface area contributed by atoms with Crippen LogP contribution in [0.25, 0.3) is 11.1 Å². The first-order chi connectivity index (χ1) is 18.5. The zero-order valence-corrected chi connectivity index (χ0v) is 23.1. The SMILES string of the molecule is C=C(CO)C(=O)OCCOc1cc(OCCOC)cc(-c2ccc(C3CCC(CCCCC)CC3)cc2)c1. The summed E-state index contributed by atoms with van der Waals surface area (Å²) in [4.78, 5) is 11.7. The van der Waals surface area contributed by atoms with Gasteiger partial charge in [-0.1, -0.05) is 63.5 Å². The van der Waals surface area contributed by atoms with Crippen LogP contribution in [0.15, 0.2) is 54.6 Å². The average Bonchev–Trinajstić information content (AvgIpc) is 2.95. The third-order valence-electron chi connectivity index (χ3n) is 7.28. The van der Waals surface area contributed by atoms with Gasteiger partial charge < -0.3 is 24.1 Å². The number of ether oxygens (including phenoxy) is 4. The lowest BCUT2D eigenvalue weighted by Gasteiger charge is -2.29. The second kappa shape index (κ2) is 16.2. The number of esters is 1. The van der Waals surface area contributed by atoms with Gasteiger partial charge in [0.2, 0.25) is 0 Å². The molecule has 1 aliphatic carbocycles. The zero-order chi connectivity index (χ0) is 27.2. The zero-order valence-electron chi connectivity index (χ0n) is 23.1. The van der Waals surface area contributed by atoms with Crippen LogP contribution < -0.4 is 9.47 Å². The molecule has 1 N–H and O–H groups in total. The molecule has 0 unspecified atom stereocenters. The van der Waals surface area contributed by atoms with Crippen molar-refractivity contribution in [3.63, 3.8) is 0 Å². The van der Waals surface area contributed by atoms with E-state index in [4.69, 9.17) is 24.1 Å². The number of aliphatic hydroxyl groups is 1. The van der Waals surface area contributed by atoms with Gasteiger partial charge in [-0.2, -0.15) is 0 Å². The Balaban J connectivity index is 1.63. The minimum atomic E-state index is -0.626. The molecule has 0 amide bonds. The summed E-state index contributed by atoms with van der Waals surface area (Å²) in [6.07, 6.45) is 10.7. The molecule has 1 saturated carbocycles. The van der Waals surface area contributed by atoms with Crippen molar-refractivity contribution in [2.45, 2.75) is 64.2 Å². The first-order valence-corrected chi connectivity index (χ1v) is 14.0. The van der Waals surface area contributed by atoms with E-state index < -0.39 is 12.6 Å². The van der Waals surface area contributed by atoms with Crippen molar-refractivity contribution >= 4 is 5.97 Å². The number of hydrogen-bond acceptors (Lipinski definition) is 6. The molecule has 2 aromatic rings. The monoisotopic (exact) mass is 524 g/mol. The molecule has 0 atom stereocenters. The molecule has 6 heteroatoms. The Morgan fingerprint density at radius 1 is 0.895 bits per heavy atom. The van der Waals surface area contributed by atoms with Gasteiger partial charge >= 0.3 is 5.97 Å². The Kier molecular flexibility index (Phi) is 12.7. The lowest BCUT2D eigenvalue weighted by molar-refractivity contribution is -0.140. The fourth-order valence-corrected chi connectivity index (χ4v) is 5.02. The number of methoxy groups -OCH3 is 1. The molecule has 0 spiro atoms. The summed E-state index contributed by atoms with van der Waals surface area (Å²) in [6.45, 7) is 6.45. The largest absolute Gasteiger partial charge is 0.491 e. The van der Waals surface area contributed by atoms with Gasteiger partial charge in [0, 0.05) is 13.2 Å². The van der Waals surface area contributed by atoms with Gasteiger partial charge in [0.1, 0.15) is 31.3 Å². The Labute approximate surface area is 228 Å². The smallest absolute Gasteiger partial charge is 0.335 e. The van der Waals surface area contributed by atoms with E-state index in [1.165, 1.54) is 56.9 Å². The number of benzene rings is 2. The summed E-state index contributed by atoms with van der Waals surface area (Å²) in [5.74, 6) is 2.24. The summed E-state index contributed by atoms with van der Waals surface area (Å²) >= 11 is 0. The maximum atomic E-state index is 11.7. The summed E-state index contributed by atoms with van der Waals surface area (Å²) in [6, 6.07) is 14.7. The molecule has 2 aromatic carbocycles. The van der Waals surface area contributed by atoms with E-state index in [1.807, 2.05) is 18.2 Å². The topological polar surface area (TPSA) is 74.2 Å². The van der Waals surface area contributed by atoms with Gasteiger partial charge in [-0.05, 0) is 66.3 Å². The first kappa shape index (κ1) is 29.7. The third kappa shape index (κ3) is 9.48. The van der Waals surface area contributed by atoms with Crippen molar-refractivity contribution in [1.29, 1.82) is 0 Å². The van der Waals surface area contributed by atoms with Crippen LogP contribution in [0.4, 0.5) is 0 Å². The van der Waals surface area contributed by atoms with E-state index in [2.05, 4.69) is 37.8 Å². The van der Waals surface area contributed by atoms with Crippen molar-refractivity contribution in [2.24, 2.45) is 5.92 Å². The van der Waals surface area contributed by atoms with Crippen LogP contribution in [0.3, 0.4) is 0 Å². The fourth-order valence-electron chi connectivity index (χ4n) is 5.02. The Bertz CT molecular complexity index is 992. The molecule has 1 fully saturated rings. The number of carbonyl (C=O) groups excluding carboxylic acids is 1. The van der Waals surface area contributed by atoms with Crippen molar-refractivity contribution in [3.05, 3.63) is 60.2 Å². The summed E-state index contributed by atoms with van der Waals surface area (Å²) in [5, 5.41) is 8.98. The third-order valence-corrected chi connectivity index (χ3v) is 7.28. The molecule has 0 radical (unpaired) electrons. The highest BCUT2D eigenvalue weighted by atomic mass is 16.6. The predicted molar refractivity (Wildman–Crippen MR) is 151 cm³/mol. The summed E-state index contributed by atoms with van der Waals surface area (Å²) < 4.78 is 21.9. The van der Waals surface area contributed by atoms with E-state index in [1.54, 1.807) is 7.11 Å². The van der Waals surface area contributed by atoms with Crippen LogP contribution >= 0.6 is 0 Å². The summed E-state index contributed by atoms with van der Waals surface area (Å²) in [7, 11) is 1.64. The van der Waals surface area contributed by atoms with Crippen molar-refractivity contribution in [2.75, 3.05) is 40.1 Å². The molecule has 0 aromatic heterocycles. The van der Waals surface area contributed by atoms with Crippen LogP contribution in [0.2, 0.25) is 0 Å². The van der Waals surface area contributed by atoms with Crippen LogP contribution in [-0.2, 0) is 14.3 Å². The number of rotatable bonds is 16. The maximum absolute atomic E-state index is 11.7. The molecule has 38 heavy (non-hydrogen) atoms. The van der Waals surface area contributed by atoms with Crippen molar-refractivity contribution in [1.82, 2.24) is 0 Å². The molecule has 0 saturated heterocycles. The molecule has 1 aliphatic rings. The van der Waals surface area contributed by atoms with Crippen molar-refractivity contribution < 1.29 is 28.8 Å². The molecule has 3 rings (SSSR count). The van der Waals surface area contributed by atoms with E-state index >= 15 is 0 Å². The van der Waals surface area contributed by atoms with Gasteiger partial charge in [-0.25, -0.2) is 4.79 Å². The molecule has 208 valence electrons. The normalized spacial score (nSPS) is 17.1. The highest BCUT2D eigenvalue weighted by Crippen LogP contribution is 2.38. The van der Waals surface area contributed by atoms with Crippen LogP contribution in [-0.4, -0.2) is 51.2 Å². The second-order valence-electron chi connectivity index (χ2n) is 10.1. The Morgan fingerprint density at radius 2 is 1.55 bits per heavy atom. The predicted octanol–water partition coefficient (Wildman–Crippen LogP) is 6.70. The van der Waals surface area contributed by atoms with Gasteiger partial charge in [-0.15, -0.1) is 0 Å². The molecule has 0 heterocycles. The molecular formula is C32H44O6. The lowest BCUT2D eigenvalue weighted by Crippen LogP contribution is -2.15. The molecular weight excluding hydrogens is 480 g/mol. The minimum Gasteiger partial charge on any atom is -0.491 e. The van der Waals surface area contributed by atoms with Gasteiger partial charge in [0.25, 0.3) is 0 Å². The van der Waals surface area contributed by atoms with E-state index in [0.29, 0.717) is 30.6 Å². The van der Waals surface area contributed by atoms with Crippen LogP contribution in [0.5, 0.6) is 11.5 Å². The van der Waals surface area contributed by atoms with Crippen molar-refractivity contribution in [3.8, 4) is 22.6 Å². The van der Waals surface area contributed by atoms with Gasteiger partial charge in [0.15, 0.2) is 0 Å². The number of hydrogen-bond donors (Lipinski definition) is 1. The van der Waals surface area contributed by atoms with E-state index in [9.17, 15) is 4.79 Å². The Morgan fingerprint density at radius 3 is 2.16 bits per heavy atom. The van der Waals surface area contributed by atoms with Gasteiger partial charge in [-0.3, -0.25) is 0 Å². The quantitative estimate of drug-likeness (QED) is 0.150. The number of aliphatic hydroxyl groups excluding tert-OH is 1. The van der Waals surface area contributed by atoms with Gasteiger partial charge in [0.05, 0.1) is 18.8 Å². The molecule has 6 nitrogen and oxygen atoms in total. The fraction of sp³-hybridized carbons (Fsp3) is 0.531. The van der Waals surface area contributed by atoms with Crippen LogP contribution in [0.1, 0.15) is 69.8 Å². The lowest BCUT2D eigenvalue weighted by atomic mass is 9.77. The number of carbonyl (C=O) groups is 1. The maximum Gasteiger partial charge on any atom is 0.335 e.